The van der Waals surface area contributed by atoms with E-state index in [1.165, 1.54) is 0 Å². The second kappa shape index (κ2) is 5.31. The molecule has 2 heterocycles. The lowest BCUT2D eigenvalue weighted by molar-refractivity contribution is -0.0241. The molecule has 2 unspecified atom stereocenters. The Morgan fingerprint density at radius 2 is 2.30 bits per heavy atom. The second-order valence-corrected chi connectivity index (χ2v) is 6.98. The highest BCUT2D eigenvalue weighted by Crippen LogP contribution is 2.34. The molecule has 1 aromatic rings. The maximum atomic E-state index is 12.9. The molecule has 2 atom stereocenters. The van der Waals surface area contributed by atoms with Crippen LogP contribution in [0.2, 0.25) is 0 Å². The minimum Gasteiger partial charge on any atom is -0.375 e. The summed E-state index contributed by atoms with van der Waals surface area (Å²) in [6, 6.07) is 3.23. The van der Waals surface area contributed by atoms with Crippen molar-refractivity contribution < 1.29 is 13.2 Å². The number of nitrogens with one attached hydrogen (secondary N) is 1. The van der Waals surface area contributed by atoms with E-state index in [1.807, 2.05) is 0 Å². The molecule has 110 valence electrons. The number of morpholine rings is 1. The largest absolute Gasteiger partial charge is 0.375 e. The van der Waals surface area contributed by atoms with E-state index in [9.17, 15) is 8.42 Å². The number of nitrogens with zero attached hydrogens (tertiary/aromatic N) is 2. The number of ether oxygens (including phenoxy) is 1. The highest BCUT2D eigenvalue weighted by atomic mass is 32.2. The lowest BCUT2D eigenvalue weighted by atomic mass is 10.2. The fraction of sp³-hybridized carbons (Fsp3) is 0.615. The number of hydrogen-bond acceptors (Lipinski definition) is 5. The van der Waals surface area contributed by atoms with Crippen LogP contribution in [0.5, 0.6) is 0 Å². The molecule has 1 N–H and O–H groups in total. The van der Waals surface area contributed by atoms with Gasteiger partial charge in [0.1, 0.15) is 10.7 Å². The van der Waals surface area contributed by atoms with Crippen LogP contribution in [-0.4, -0.2) is 50.1 Å². The van der Waals surface area contributed by atoms with Crippen LogP contribution in [-0.2, 0) is 14.8 Å². The molecule has 0 amide bonds. The van der Waals surface area contributed by atoms with Gasteiger partial charge in [0.05, 0.1) is 18.8 Å². The van der Waals surface area contributed by atoms with E-state index in [1.54, 1.807) is 29.7 Å². The molecule has 2 fully saturated rings. The van der Waals surface area contributed by atoms with Gasteiger partial charge < -0.3 is 10.1 Å². The number of sulfonamides is 1. The number of fused-ring (bicyclic) bond motifs is 1. The first kappa shape index (κ1) is 13.8. The standard InChI is InChI=1S/C13H19N3O3S/c1-14-13-12(6-3-7-15-13)20(17,18)16-8-9-19-11-5-2-4-10(11)16/h3,6-7,10-11H,2,4-5,8-9H2,1H3,(H,14,15). The Hall–Kier alpha value is -1.18. The quantitative estimate of drug-likeness (QED) is 0.903. The van der Waals surface area contributed by atoms with Gasteiger partial charge in [-0.25, -0.2) is 13.4 Å². The molecule has 1 saturated carbocycles. The van der Waals surface area contributed by atoms with Crippen LogP contribution in [0.4, 0.5) is 5.82 Å². The Labute approximate surface area is 119 Å². The molecule has 3 rings (SSSR count). The molecular formula is C13H19N3O3S. The van der Waals surface area contributed by atoms with Crippen molar-refractivity contribution in [3.05, 3.63) is 18.3 Å². The topological polar surface area (TPSA) is 71.5 Å². The molecule has 2 aliphatic rings. The molecule has 6 nitrogen and oxygen atoms in total. The SMILES string of the molecule is CNc1ncccc1S(=O)(=O)N1CCOC2CCCC21. The van der Waals surface area contributed by atoms with Gasteiger partial charge in [0.25, 0.3) is 0 Å². The van der Waals surface area contributed by atoms with Crippen LogP contribution >= 0.6 is 0 Å². The lowest BCUT2D eigenvalue weighted by Gasteiger charge is -2.36. The summed E-state index contributed by atoms with van der Waals surface area (Å²) in [5.41, 5.74) is 0. The van der Waals surface area contributed by atoms with Gasteiger partial charge in [0.2, 0.25) is 10.0 Å². The van der Waals surface area contributed by atoms with Crippen molar-refractivity contribution >= 4 is 15.8 Å². The molecule has 0 radical (unpaired) electrons. The molecule has 20 heavy (non-hydrogen) atoms. The Balaban J connectivity index is 1.98. The highest BCUT2D eigenvalue weighted by Gasteiger charge is 2.42. The summed E-state index contributed by atoms with van der Waals surface area (Å²) >= 11 is 0. The van der Waals surface area contributed by atoms with Crippen molar-refractivity contribution in [1.29, 1.82) is 0 Å². The molecule has 1 saturated heterocycles. The van der Waals surface area contributed by atoms with Crippen LogP contribution in [0.1, 0.15) is 19.3 Å². The number of anilines is 1. The zero-order valence-electron chi connectivity index (χ0n) is 11.4. The first-order valence-corrected chi connectivity index (χ1v) is 8.35. The average Bonchev–Trinajstić information content (AvgIpc) is 2.95. The third-order valence-electron chi connectivity index (χ3n) is 4.03. The van der Waals surface area contributed by atoms with E-state index in [2.05, 4.69) is 10.3 Å². The van der Waals surface area contributed by atoms with Gasteiger partial charge in [0.15, 0.2) is 0 Å². The second-order valence-electron chi connectivity index (χ2n) is 5.12. The van der Waals surface area contributed by atoms with Crippen molar-refractivity contribution in [3.8, 4) is 0 Å². The van der Waals surface area contributed by atoms with Crippen LogP contribution in [0.3, 0.4) is 0 Å². The smallest absolute Gasteiger partial charge is 0.247 e. The summed E-state index contributed by atoms with van der Waals surface area (Å²) in [6.07, 6.45) is 4.48. The summed E-state index contributed by atoms with van der Waals surface area (Å²) in [4.78, 5) is 4.34. The summed E-state index contributed by atoms with van der Waals surface area (Å²) < 4.78 is 33.1. The molecule has 1 aliphatic carbocycles. The lowest BCUT2D eigenvalue weighted by Crippen LogP contribution is -2.51. The van der Waals surface area contributed by atoms with Crippen molar-refractivity contribution in [2.75, 3.05) is 25.5 Å². The van der Waals surface area contributed by atoms with Crippen molar-refractivity contribution in [3.63, 3.8) is 0 Å². The molecule has 1 aliphatic heterocycles. The molecule has 1 aromatic heterocycles. The predicted octanol–water partition coefficient (Wildman–Crippen LogP) is 1.07. The van der Waals surface area contributed by atoms with Crippen LogP contribution < -0.4 is 5.32 Å². The Morgan fingerprint density at radius 3 is 3.10 bits per heavy atom. The number of rotatable bonds is 3. The molecular weight excluding hydrogens is 278 g/mol. The van der Waals surface area contributed by atoms with Gasteiger partial charge in [0, 0.05) is 19.8 Å². The van der Waals surface area contributed by atoms with Crippen molar-refractivity contribution in [1.82, 2.24) is 9.29 Å². The van der Waals surface area contributed by atoms with Gasteiger partial charge in [-0.05, 0) is 31.4 Å². The minimum atomic E-state index is -3.53. The first-order valence-electron chi connectivity index (χ1n) is 6.91. The van der Waals surface area contributed by atoms with Crippen LogP contribution in [0.15, 0.2) is 23.2 Å². The number of aromatic nitrogens is 1. The van der Waals surface area contributed by atoms with Gasteiger partial charge in [-0.3, -0.25) is 0 Å². The van der Waals surface area contributed by atoms with Gasteiger partial charge in [-0.1, -0.05) is 0 Å². The van der Waals surface area contributed by atoms with Gasteiger partial charge in [-0.15, -0.1) is 0 Å². The first-order chi connectivity index (χ1) is 9.64. The number of pyridine rings is 1. The van der Waals surface area contributed by atoms with E-state index < -0.39 is 10.0 Å². The summed E-state index contributed by atoms with van der Waals surface area (Å²) in [6.45, 7) is 0.886. The average molecular weight is 297 g/mol. The Bertz CT molecular complexity index is 590. The zero-order valence-corrected chi connectivity index (χ0v) is 12.3. The third-order valence-corrected chi connectivity index (χ3v) is 5.98. The highest BCUT2D eigenvalue weighted by molar-refractivity contribution is 7.89. The van der Waals surface area contributed by atoms with E-state index in [4.69, 9.17) is 4.74 Å². The maximum absolute atomic E-state index is 12.9. The monoisotopic (exact) mass is 297 g/mol. The predicted molar refractivity (Wildman–Crippen MR) is 75.1 cm³/mol. The number of hydrogen-bond donors (Lipinski definition) is 1. The fourth-order valence-electron chi connectivity index (χ4n) is 3.10. The van der Waals surface area contributed by atoms with E-state index in [0.717, 1.165) is 19.3 Å². The third kappa shape index (κ3) is 2.19. The Kier molecular flexibility index (Phi) is 3.66. The normalized spacial score (nSPS) is 27.2. The molecule has 0 spiro atoms. The molecule has 0 aromatic carbocycles. The van der Waals surface area contributed by atoms with Crippen LogP contribution in [0.25, 0.3) is 0 Å². The van der Waals surface area contributed by atoms with E-state index in [0.29, 0.717) is 19.0 Å². The van der Waals surface area contributed by atoms with Crippen LogP contribution in [0, 0.1) is 0 Å². The molecule has 7 heteroatoms. The summed E-state index contributed by atoms with van der Waals surface area (Å²) in [7, 11) is -1.85. The van der Waals surface area contributed by atoms with Gasteiger partial charge >= 0.3 is 0 Å². The van der Waals surface area contributed by atoms with E-state index in [-0.39, 0.29) is 17.0 Å². The van der Waals surface area contributed by atoms with Crippen molar-refractivity contribution in [2.45, 2.75) is 36.3 Å². The molecule has 0 bridgehead atoms. The van der Waals surface area contributed by atoms with Gasteiger partial charge in [-0.2, -0.15) is 4.31 Å². The Morgan fingerprint density at radius 1 is 1.45 bits per heavy atom. The minimum absolute atomic E-state index is 0.0290. The fourth-order valence-corrected chi connectivity index (χ4v) is 4.92. The zero-order chi connectivity index (χ0) is 14.2. The summed E-state index contributed by atoms with van der Waals surface area (Å²) in [5.74, 6) is 0.397. The van der Waals surface area contributed by atoms with Crippen molar-refractivity contribution in [2.24, 2.45) is 0 Å². The maximum Gasteiger partial charge on any atom is 0.247 e. The summed E-state index contributed by atoms with van der Waals surface area (Å²) in [5, 5.41) is 2.85. The van der Waals surface area contributed by atoms with E-state index >= 15 is 0 Å².